The summed E-state index contributed by atoms with van der Waals surface area (Å²) in [6, 6.07) is 9.42. The molecule has 94 valence electrons. The number of aromatic nitrogens is 2. The molecular weight excluding hydrogens is 294 g/mol. The fourth-order valence-electron chi connectivity index (χ4n) is 1.40. The van der Waals surface area contributed by atoms with Crippen LogP contribution in [-0.2, 0) is 0 Å². The average Bonchev–Trinajstić information content (AvgIpc) is 2.37. The highest BCUT2D eigenvalue weighted by molar-refractivity contribution is 9.10. The van der Waals surface area contributed by atoms with Gasteiger partial charge in [0.15, 0.2) is 0 Å². The lowest BCUT2D eigenvalue weighted by molar-refractivity contribution is 0.461. The van der Waals surface area contributed by atoms with Crippen molar-refractivity contribution >= 4 is 21.7 Å². The lowest BCUT2D eigenvalue weighted by Gasteiger charge is -2.07. The Balaban J connectivity index is 2.09. The molecule has 0 saturated heterocycles. The predicted octanol–water partition coefficient (Wildman–Crippen LogP) is 3.85. The molecule has 5 heteroatoms. The average molecular weight is 308 g/mol. The molecule has 2 rings (SSSR count). The van der Waals surface area contributed by atoms with Gasteiger partial charge in [-0.1, -0.05) is 28.9 Å². The lowest BCUT2D eigenvalue weighted by atomic mass is 10.3. The van der Waals surface area contributed by atoms with Crippen LogP contribution in [0.15, 0.2) is 41.1 Å². The predicted molar refractivity (Wildman–Crippen MR) is 75.0 cm³/mol. The van der Waals surface area contributed by atoms with Crippen LogP contribution in [0, 0.1) is 0 Å². The standard InChI is InChI=1S/C13H14BrN3O/c1-2-6-15-12-8-13(17-9-16-12)18-11-5-3-4-10(14)7-11/h3-5,7-9H,2,6H2,1H3,(H,15,16,17). The van der Waals surface area contributed by atoms with Crippen molar-refractivity contribution in [3.05, 3.63) is 41.1 Å². The number of anilines is 1. The highest BCUT2D eigenvalue weighted by Crippen LogP contribution is 2.23. The molecule has 0 saturated carbocycles. The summed E-state index contributed by atoms with van der Waals surface area (Å²) in [5.41, 5.74) is 0. The van der Waals surface area contributed by atoms with E-state index in [4.69, 9.17) is 4.74 Å². The highest BCUT2D eigenvalue weighted by atomic mass is 79.9. The van der Waals surface area contributed by atoms with Crippen molar-refractivity contribution in [2.45, 2.75) is 13.3 Å². The van der Waals surface area contributed by atoms with Gasteiger partial charge in [-0.05, 0) is 24.6 Å². The zero-order valence-corrected chi connectivity index (χ0v) is 11.6. The fraction of sp³-hybridized carbons (Fsp3) is 0.231. The summed E-state index contributed by atoms with van der Waals surface area (Å²) in [5.74, 6) is 2.04. The third kappa shape index (κ3) is 3.70. The van der Waals surface area contributed by atoms with Crippen molar-refractivity contribution in [2.75, 3.05) is 11.9 Å². The number of hydrogen-bond acceptors (Lipinski definition) is 4. The molecule has 0 unspecified atom stereocenters. The Kier molecular flexibility index (Phi) is 4.52. The van der Waals surface area contributed by atoms with E-state index in [2.05, 4.69) is 38.1 Å². The van der Waals surface area contributed by atoms with Gasteiger partial charge in [0, 0.05) is 17.1 Å². The van der Waals surface area contributed by atoms with E-state index in [9.17, 15) is 0 Å². The van der Waals surface area contributed by atoms with Crippen LogP contribution < -0.4 is 10.1 Å². The molecule has 1 heterocycles. The second-order valence-corrected chi connectivity index (χ2v) is 4.64. The van der Waals surface area contributed by atoms with Crippen LogP contribution in [0.2, 0.25) is 0 Å². The summed E-state index contributed by atoms with van der Waals surface area (Å²) in [4.78, 5) is 8.21. The van der Waals surface area contributed by atoms with E-state index >= 15 is 0 Å². The van der Waals surface area contributed by atoms with Gasteiger partial charge in [0.2, 0.25) is 5.88 Å². The lowest BCUT2D eigenvalue weighted by Crippen LogP contribution is -2.02. The van der Waals surface area contributed by atoms with Gasteiger partial charge in [0.1, 0.15) is 17.9 Å². The first-order chi connectivity index (χ1) is 8.78. The molecule has 0 radical (unpaired) electrons. The van der Waals surface area contributed by atoms with Crippen LogP contribution in [0.4, 0.5) is 5.82 Å². The van der Waals surface area contributed by atoms with Gasteiger partial charge < -0.3 is 10.1 Å². The molecule has 1 aromatic carbocycles. The van der Waals surface area contributed by atoms with Crippen LogP contribution in [0.3, 0.4) is 0 Å². The number of nitrogens with one attached hydrogen (secondary N) is 1. The SMILES string of the molecule is CCCNc1cc(Oc2cccc(Br)c2)ncn1. The van der Waals surface area contributed by atoms with Gasteiger partial charge in [-0.15, -0.1) is 0 Å². The summed E-state index contributed by atoms with van der Waals surface area (Å²) in [7, 11) is 0. The minimum atomic E-state index is 0.529. The summed E-state index contributed by atoms with van der Waals surface area (Å²) in [6.45, 7) is 2.99. The van der Waals surface area contributed by atoms with Gasteiger partial charge in [-0.3, -0.25) is 0 Å². The summed E-state index contributed by atoms with van der Waals surface area (Å²) in [6.07, 6.45) is 2.54. The zero-order valence-electron chi connectivity index (χ0n) is 10.1. The number of halogens is 1. The number of hydrogen-bond donors (Lipinski definition) is 1. The second kappa shape index (κ2) is 6.35. The summed E-state index contributed by atoms with van der Waals surface area (Å²) >= 11 is 3.40. The smallest absolute Gasteiger partial charge is 0.224 e. The Morgan fingerprint density at radius 1 is 1.28 bits per heavy atom. The van der Waals surface area contributed by atoms with Gasteiger partial charge in [-0.25, -0.2) is 9.97 Å². The summed E-state index contributed by atoms with van der Waals surface area (Å²) in [5, 5.41) is 3.19. The summed E-state index contributed by atoms with van der Waals surface area (Å²) < 4.78 is 6.63. The van der Waals surface area contributed by atoms with Gasteiger partial charge in [-0.2, -0.15) is 0 Å². The minimum Gasteiger partial charge on any atom is -0.439 e. The number of rotatable bonds is 5. The molecule has 0 aliphatic rings. The molecule has 18 heavy (non-hydrogen) atoms. The quantitative estimate of drug-likeness (QED) is 0.911. The Labute approximate surface area is 115 Å². The van der Waals surface area contributed by atoms with Crippen molar-refractivity contribution < 1.29 is 4.74 Å². The monoisotopic (exact) mass is 307 g/mol. The molecule has 1 N–H and O–H groups in total. The molecule has 1 aromatic heterocycles. The fourth-order valence-corrected chi connectivity index (χ4v) is 1.77. The van der Waals surface area contributed by atoms with Crippen LogP contribution in [0.25, 0.3) is 0 Å². The van der Waals surface area contributed by atoms with E-state index in [0.717, 1.165) is 29.0 Å². The molecule has 0 spiro atoms. The van der Waals surface area contributed by atoms with E-state index in [1.54, 1.807) is 6.07 Å². The number of nitrogens with zero attached hydrogens (tertiary/aromatic N) is 2. The highest BCUT2D eigenvalue weighted by Gasteiger charge is 2.01. The maximum absolute atomic E-state index is 5.66. The van der Waals surface area contributed by atoms with Crippen molar-refractivity contribution in [3.63, 3.8) is 0 Å². The van der Waals surface area contributed by atoms with Crippen LogP contribution in [0.5, 0.6) is 11.6 Å². The van der Waals surface area contributed by atoms with E-state index in [-0.39, 0.29) is 0 Å². The van der Waals surface area contributed by atoms with E-state index < -0.39 is 0 Å². The Morgan fingerprint density at radius 3 is 2.94 bits per heavy atom. The van der Waals surface area contributed by atoms with Crippen LogP contribution in [0.1, 0.15) is 13.3 Å². The first-order valence-corrected chi connectivity index (χ1v) is 6.56. The minimum absolute atomic E-state index is 0.529. The molecule has 0 fully saturated rings. The largest absolute Gasteiger partial charge is 0.439 e. The molecule has 0 bridgehead atoms. The molecule has 2 aromatic rings. The van der Waals surface area contributed by atoms with E-state index in [0.29, 0.717) is 5.88 Å². The Hall–Kier alpha value is -1.62. The van der Waals surface area contributed by atoms with Crippen molar-refractivity contribution in [3.8, 4) is 11.6 Å². The topological polar surface area (TPSA) is 47.0 Å². The normalized spacial score (nSPS) is 10.1. The maximum atomic E-state index is 5.66. The van der Waals surface area contributed by atoms with Gasteiger partial charge >= 0.3 is 0 Å². The molecular formula is C13H14BrN3O. The molecule has 0 aliphatic heterocycles. The third-order valence-electron chi connectivity index (χ3n) is 2.22. The van der Waals surface area contributed by atoms with Crippen LogP contribution >= 0.6 is 15.9 Å². The molecule has 0 amide bonds. The first-order valence-electron chi connectivity index (χ1n) is 5.77. The van der Waals surface area contributed by atoms with Crippen molar-refractivity contribution in [1.82, 2.24) is 9.97 Å². The maximum Gasteiger partial charge on any atom is 0.224 e. The Bertz CT molecular complexity index is 519. The first kappa shape index (κ1) is 12.8. The second-order valence-electron chi connectivity index (χ2n) is 3.73. The number of benzene rings is 1. The number of ether oxygens (including phenoxy) is 1. The van der Waals surface area contributed by atoms with Crippen LogP contribution in [-0.4, -0.2) is 16.5 Å². The molecule has 4 nitrogen and oxygen atoms in total. The zero-order chi connectivity index (χ0) is 12.8. The van der Waals surface area contributed by atoms with E-state index in [1.807, 2.05) is 24.3 Å². The van der Waals surface area contributed by atoms with Gasteiger partial charge in [0.25, 0.3) is 0 Å². The van der Waals surface area contributed by atoms with Crippen molar-refractivity contribution in [1.29, 1.82) is 0 Å². The molecule has 0 atom stereocenters. The van der Waals surface area contributed by atoms with Gasteiger partial charge in [0.05, 0.1) is 0 Å². The Morgan fingerprint density at radius 2 is 2.17 bits per heavy atom. The third-order valence-corrected chi connectivity index (χ3v) is 2.71. The molecule has 0 aliphatic carbocycles. The van der Waals surface area contributed by atoms with Crippen molar-refractivity contribution in [2.24, 2.45) is 0 Å². The van der Waals surface area contributed by atoms with E-state index in [1.165, 1.54) is 6.33 Å².